The number of hydrogen-bond donors (Lipinski definition) is 1. The number of hydrogen-bond acceptors (Lipinski definition) is 4. The molecule has 0 aliphatic carbocycles. The minimum atomic E-state index is -0.775. The Bertz CT molecular complexity index is 708. The fourth-order valence-electron chi connectivity index (χ4n) is 2.15. The third-order valence-electron chi connectivity index (χ3n) is 3.36. The Balaban J connectivity index is 1.97. The van der Waals surface area contributed by atoms with E-state index in [1.165, 1.54) is 0 Å². The minimum absolute atomic E-state index is 0.159. The van der Waals surface area contributed by atoms with E-state index in [0.717, 1.165) is 16.9 Å². The largest absolute Gasteiger partial charge is 0.496 e. The summed E-state index contributed by atoms with van der Waals surface area (Å²) in [6, 6.07) is 16.0. The van der Waals surface area contributed by atoms with Gasteiger partial charge in [0.15, 0.2) is 0 Å². The highest BCUT2D eigenvalue weighted by molar-refractivity contribution is 5.68. The summed E-state index contributed by atoms with van der Waals surface area (Å²) in [5.41, 5.74) is 2.46. The number of amides is 1. The van der Waals surface area contributed by atoms with Crippen molar-refractivity contribution in [3.8, 4) is 11.8 Å². The van der Waals surface area contributed by atoms with Gasteiger partial charge in [0.1, 0.15) is 18.4 Å². The van der Waals surface area contributed by atoms with Gasteiger partial charge in [0.2, 0.25) is 0 Å². The first-order valence-corrected chi connectivity index (χ1v) is 7.15. The van der Waals surface area contributed by atoms with E-state index in [9.17, 15) is 10.1 Å². The van der Waals surface area contributed by atoms with Crippen LogP contribution in [0.1, 0.15) is 22.7 Å². The highest BCUT2D eigenvalue weighted by atomic mass is 16.5. The Morgan fingerprint density at radius 2 is 2.00 bits per heavy atom. The Morgan fingerprint density at radius 3 is 2.61 bits per heavy atom. The van der Waals surface area contributed by atoms with Crippen LogP contribution in [0.5, 0.6) is 5.75 Å². The average Bonchev–Trinajstić information content (AvgIpc) is 2.58. The first-order valence-electron chi connectivity index (χ1n) is 7.15. The van der Waals surface area contributed by atoms with Gasteiger partial charge in [-0.15, -0.1) is 0 Å². The summed E-state index contributed by atoms with van der Waals surface area (Å²) >= 11 is 0. The lowest BCUT2D eigenvalue weighted by Crippen LogP contribution is -2.28. The van der Waals surface area contributed by atoms with Crippen LogP contribution in [0.2, 0.25) is 0 Å². The van der Waals surface area contributed by atoms with Crippen LogP contribution in [0.15, 0.2) is 48.5 Å². The molecule has 5 nitrogen and oxygen atoms in total. The lowest BCUT2D eigenvalue weighted by atomic mass is 10.0. The number of alkyl carbamates (subject to hydrolysis) is 1. The molecule has 0 aromatic heterocycles. The van der Waals surface area contributed by atoms with E-state index in [1.54, 1.807) is 19.2 Å². The first-order chi connectivity index (χ1) is 11.1. The zero-order valence-electron chi connectivity index (χ0n) is 13.1. The molecular formula is C18H18N2O3. The zero-order valence-corrected chi connectivity index (χ0v) is 13.1. The number of nitriles is 1. The van der Waals surface area contributed by atoms with Crippen LogP contribution in [0.25, 0.3) is 0 Å². The van der Waals surface area contributed by atoms with Crippen molar-refractivity contribution in [2.24, 2.45) is 0 Å². The summed E-state index contributed by atoms with van der Waals surface area (Å²) in [4.78, 5) is 11.9. The normalized spacial score (nSPS) is 11.2. The maximum absolute atomic E-state index is 11.9. The molecule has 118 valence electrons. The highest BCUT2D eigenvalue weighted by Gasteiger charge is 2.15. The molecular weight excluding hydrogens is 292 g/mol. The van der Waals surface area contributed by atoms with E-state index in [1.807, 2.05) is 43.3 Å². The van der Waals surface area contributed by atoms with E-state index in [-0.39, 0.29) is 6.61 Å². The molecule has 1 N–H and O–H groups in total. The average molecular weight is 310 g/mol. The summed E-state index contributed by atoms with van der Waals surface area (Å²) in [5.74, 6) is 0.733. The second-order valence-corrected chi connectivity index (χ2v) is 5.00. The summed E-state index contributed by atoms with van der Waals surface area (Å²) < 4.78 is 10.3. The zero-order chi connectivity index (χ0) is 16.7. The molecule has 1 amide bonds. The van der Waals surface area contributed by atoms with Crippen molar-refractivity contribution in [1.29, 1.82) is 5.26 Å². The molecule has 1 unspecified atom stereocenters. The number of aryl methyl sites for hydroxylation is 1. The van der Waals surface area contributed by atoms with Crippen LogP contribution in [0.4, 0.5) is 4.79 Å². The lowest BCUT2D eigenvalue weighted by molar-refractivity contribution is 0.137. The minimum Gasteiger partial charge on any atom is -0.496 e. The third-order valence-corrected chi connectivity index (χ3v) is 3.36. The Hall–Kier alpha value is -3.00. The van der Waals surface area contributed by atoms with Gasteiger partial charge in [0, 0.05) is 0 Å². The van der Waals surface area contributed by atoms with Gasteiger partial charge in [-0.25, -0.2) is 4.79 Å². The van der Waals surface area contributed by atoms with Crippen molar-refractivity contribution in [3.05, 3.63) is 65.2 Å². The highest BCUT2D eigenvalue weighted by Crippen LogP contribution is 2.22. The molecule has 0 bridgehead atoms. The smallest absolute Gasteiger partial charge is 0.408 e. The second kappa shape index (κ2) is 7.85. The molecule has 0 spiro atoms. The van der Waals surface area contributed by atoms with E-state index >= 15 is 0 Å². The monoisotopic (exact) mass is 310 g/mol. The number of ether oxygens (including phenoxy) is 2. The fraction of sp³-hybridized carbons (Fsp3) is 0.222. The first kappa shape index (κ1) is 16.4. The van der Waals surface area contributed by atoms with Gasteiger partial charge in [0.05, 0.1) is 13.2 Å². The molecule has 0 radical (unpaired) electrons. The van der Waals surface area contributed by atoms with Gasteiger partial charge in [-0.2, -0.15) is 5.26 Å². The van der Waals surface area contributed by atoms with Crippen LogP contribution < -0.4 is 10.1 Å². The quantitative estimate of drug-likeness (QED) is 0.917. The summed E-state index contributed by atoms with van der Waals surface area (Å²) in [6.07, 6.45) is -0.631. The molecule has 0 saturated carbocycles. The summed E-state index contributed by atoms with van der Waals surface area (Å²) in [6.45, 7) is 2.04. The SMILES string of the molecule is COc1ccc(C(C#N)NC(=O)OCc2ccccc2)cc1C. The molecule has 0 fully saturated rings. The van der Waals surface area contributed by atoms with Crippen molar-refractivity contribution < 1.29 is 14.3 Å². The van der Waals surface area contributed by atoms with Crippen LogP contribution in [-0.4, -0.2) is 13.2 Å². The van der Waals surface area contributed by atoms with Gasteiger partial charge in [0.25, 0.3) is 0 Å². The van der Waals surface area contributed by atoms with Crippen molar-refractivity contribution in [1.82, 2.24) is 5.32 Å². The predicted molar refractivity (Wildman–Crippen MR) is 85.8 cm³/mol. The molecule has 2 aromatic rings. The number of nitrogens with zero attached hydrogens (tertiary/aromatic N) is 1. The van der Waals surface area contributed by atoms with Gasteiger partial charge in [-0.1, -0.05) is 36.4 Å². The molecule has 2 rings (SSSR count). The van der Waals surface area contributed by atoms with Crippen LogP contribution in [-0.2, 0) is 11.3 Å². The maximum Gasteiger partial charge on any atom is 0.408 e. The van der Waals surface area contributed by atoms with Crippen molar-refractivity contribution in [2.75, 3.05) is 7.11 Å². The molecule has 0 aliphatic heterocycles. The molecule has 1 atom stereocenters. The lowest BCUT2D eigenvalue weighted by Gasteiger charge is -2.14. The molecule has 23 heavy (non-hydrogen) atoms. The van der Waals surface area contributed by atoms with Gasteiger partial charge < -0.3 is 14.8 Å². The number of carbonyl (C=O) groups excluding carboxylic acids is 1. The van der Waals surface area contributed by atoms with Gasteiger partial charge in [-0.05, 0) is 35.7 Å². The standard InChI is InChI=1S/C18H18N2O3/c1-13-10-15(8-9-17(13)22-2)16(11-19)20-18(21)23-12-14-6-4-3-5-7-14/h3-10,16H,12H2,1-2H3,(H,20,21). The molecule has 0 heterocycles. The van der Waals surface area contributed by atoms with Crippen LogP contribution in [0.3, 0.4) is 0 Å². The number of rotatable bonds is 5. The molecule has 0 aliphatic rings. The second-order valence-electron chi connectivity index (χ2n) is 5.00. The number of nitrogens with one attached hydrogen (secondary N) is 1. The Morgan fingerprint density at radius 1 is 1.26 bits per heavy atom. The van der Waals surface area contributed by atoms with Gasteiger partial charge in [-0.3, -0.25) is 0 Å². The fourth-order valence-corrected chi connectivity index (χ4v) is 2.15. The van der Waals surface area contributed by atoms with Crippen molar-refractivity contribution in [3.63, 3.8) is 0 Å². The van der Waals surface area contributed by atoms with Crippen LogP contribution >= 0.6 is 0 Å². The number of carbonyl (C=O) groups is 1. The Kier molecular flexibility index (Phi) is 5.59. The molecule has 0 saturated heterocycles. The predicted octanol–water partition coefficient (Wildman–Crippen LogP) is 3.49. The van der Waals surface area contributed by atoms with Crippen molar-refractivity contribution in [2.45, 2.75) is 19.6 Å². The van der Waals surface area contributed by atoms with E-state index in [0.29, 0.717) is 5.56 Å². The molecule has 2 aromatic carbocycles. The topological polar surface area (TPSA) is 71.3 Å². The maximum atomic E-state index is 11.9. The van der Waals surface area contributed by atoms with Gasteiger partial charge >= 0.3 is 6.09 Å². The van der Waals surface area contributed by atoms with E-state index in [4.69, 9.17) is 9.47 Å². The molecule has 5 heteroatoms. The summed E-state index contributed by atoms with van der Waals surface area (Å²) in [5, 5.41) is 11.8. The number of methoxy groups -OCH3 is 1. The summed E-state index contributed by atoms with van der Waals surface area (Å²) in [7, 11) is 1.59. The van der Waals surface area contributed by atoms with Crippen LogP contribution in [0, 0.1) is 18.3 Å². The third kappa shape index (κ3) is 4.48. The number of benzene rings is 2. The Labute approximate surface area is 135 Å². The van der Waals surface area contributed by atoms with E-state index < -0.39 is 12.1 Å². The van der Waals surface area contributed by atoms with Crippen molar-refractivity contribution >= 4 is 6.09 Å². The van der Waals surface area contributed by atoms with E-state index in [2.05, 4.69) is 11.4 Å².